The molecule has 26 heavy (non-hydrogen) atoms. The van der Waals surface area contributed by atoms with E-state index in [2.05, 4.69) is 24.0 Å². The molecule has 4 rings (SSSR count). The van der Waals surface area contributed by atoms with Crippen molar-refractivity contribution in [1.82, 2.24) is 4.98 Å². The van der Waals surface area contributed by atoms with Crippen LogP contribution in [-0.2, 0) is 16.0 Å². The van der Waals surface area contributed by atoms with Crippen molar-refractivity contribution in [3.05, 3.63) is 54.1 Å². The van der Waals surface area contributed by atoms with Gasteiger partial charge in [-0.25, -0.2) is 4.98 Å². The molecule has 1 aromatic heterocycles. The molecule has 1 aliphatic carbocycles. The highest BCUT2D eigenvalue weighted by atomic mass is 32.1. The number of anilines is 2. The van der Waals surface area contributed by atoms with E-state index in [1.807, 2.05) is 36.4 Å². The van der Waals surface area contributed by atoms with Gasteiger partial charge >= 0.3 is 0 Å². The van der Waals surface area contributed by atoms with Gasteiger partial charge in [0.2, 0.25) is 0 Å². The molecule has 4 nitrogen and oxygen atoms in total. The fourth-order valence-corrected chi connectivity index (χ4v) is 3.86. The van der Waals surface area contributed by atoms with Gasteiger partial charge in [0, 0.05) is 0 Å². The second-order valence-corrected chi connectivity index (χ2v) is 7.68. The molecule has 0 aliphatic heterocycles. The molecule has 5 heteroatoms. The highest BCUT2D eigenvalue weighted by Crippen LogP contribution is 2.34. The zero-order valence-electron chi connectivity index (χ0n) is 14.9. The van der Waals surface area contributed by atoms with Crippen molar-refractivity contribution in [1.29, 1.82) is 0 Å². The summed E-state index contributed by atoms with van der Waals surface area (Å²) in [7, 11) is 0. The summed E-state index contributed by atoms with van der Waals surface area (Å²) in [6, 6.07) is 16.1. The molecule has 1 fully saturated rings. The molecule has 0 saturated heterocycles. The van der Waals surface area contributed by atoms with Crippen molar-refractivity contribution in [3.8, 4) is 0 Å². The SMILES string of the molecule is CCc1ccc(N(C(=O)COCC2CC2)c2nc3ccccc3s2)cc1. The molecule has 1 saturated carbocycles. The first-order valence-electron chi connectivity index (χ1n) is 9.10. The van der Waals surface area contributed by atoms with Crippen LogP contribution in [0.2, 0.25) is 0 Å². The number of nitrogens with zero attached hydrogens (tertiary/aromatic N) is 2. The molecular weight excluding hydrogens is 344 g/mol. The average Bonchev–Trinajstić information content (AvgIpc) is 3.39. The van der Waals surface area contributed by atoms with E-state index in [1.54, 1.807) is 4.90 Å². The number of hydrogen-bond acceptors (Lipinski definition) is 4. The van der Waals surface area contributed by atoms with Crippen molar-refractivity contribution in [2.75, 3.05) is 18.1 Å². The van der Waals surface area contributed by atoms with E-state index in [1.165, 1.54) is 29.7 Å². The average molecular weight is 366 g/mol. The Balaban J connectivity index is 1.63. The van der Waals surface area contributed by atoms with Crippen molar-refractivity contribution in [2.45, 2.75) is 26.2 Å². The van der Waals surface area contributed by atoms with Gasteiger partial charge in [-0.1, -0.05) is 42.5 Å². The van der Waals surface area contributed by atoms with Gasteiger partial charge in [0.05, 0.1) is 22.5 Å². The van der Waals surface area contributed by atoms with Gasteiger partial charge in [-0.2, -0.15) is 0 Å². The van der Waals surface area contributed by atoms with Crippen LogP contribution in [0.3, 0.4) is 0 Å². The third kappa shape index (κ3) is 3.79. The summed E-state index contributed by atoms with van der Waals surface area (Å²) < 4.78 is 6.72. The molecule has 1 aliphatic rings. The highest BCUT2D eigenvalue weighted by molar-refractivity contribution is 7.22. The third-order valence-electron chi connectivity index (χ3n) is 4.60. The maximum Gasteiger partial charge on any atom is 0.259 e. The topological polar surface area (TPSA) is 42.4 Å². The van der Waals surface area contributed by atoms with Gasteiger partial charge in [0.1, 0.15) is 6.61 Å². The first-order valence-corrected chi connectivity index (χ1v) is 9.91. The normalized spacial score (nSPS) is 13.9. The lowest BCUT2D eigenvalue weighted by molar-refractivity contribution is -0.122. The number of ether oxygens (including phenoxy) is 1. The summed E-state index contributed by atoms with van der Waals surface area (Å²) in [6.07, 6.45) is 3.41. The zero-order chi connectivity index (χ0) is 17.9. The summed E-state index contributed by atoms with van der Waals surface area (Å²) in [4.78, 5) is 19.3. The summed E-state index contributed by atoms with van der Waals surface area (Å²) in [5.74, 6) is 0.566. The molecule has 0 atom stereocenters. The van der Waals surface area contributed by atoms with Crippen LogP contribution >= 0.6 is 11.3 Å². The van der Waals surface area contributed by atoms with Crippen molar-refractivity contribution in [2.24, 2.45) is 5.92 Å². The number of rotatable bonds is 7. The van der Waals surface area contributed by atoms with Crippen LogP contribution in [0, 0.1) is 5.92 Å². The zero-order valence-corrected chi connectivity index (χ0v) is 15.7. The van der Waals surface area contributed by atoms with Gasteiger partial charge in [-0.05, 0) is 55.0 Å². The molecule has 0 bridgehead atoms. The monoisotopic (exact) mass is 366 g/mol. The lowest BCUT2D eigenvalue weighted by Gasteiger charge is -2.20. The molecule has 0 unspecified atom stereocenters. The molecule has 0 N–H and O–H groups in total. The van der Waals surface area contributed by atoms with E-state index < -0.39 is 0 Å². The lowest BCUT2D eigenvalue weighted by Crippen LogP contribution is -2.30. The van der Waals surface area contributed by atoms with Crippen molar-refractivity contribution >= 4 is 38.3 Å². The number of aryl methyl sites for hydroxylation is 1. The highest BCUT2D eigenvalue weighted by Gasteiger charge is 2.25. The number of hydrogen-bond donors (Lipinski definition) is 0. The van der Waals surface area contributed by atoms with Crippen LogP contribution in [0.5, 0.6) is 0 Å². The van der Waals surface area contributed by atoms with Crippen molar-refractivity contribution in [3.63, 3.8) is 0 Å². The summed E-state index contributed by atoms with van der Waals surface area (Å²) in [5, 5.41) is 0.690. The number of carbonyl (C=O) groups is 1. The molecule has 1 amide bonds. The molecular formula is C21H22N2O2S. The first kappa shape index (κ1) is 17.2. The molecule has 3 aromatic rings. The van der Waals surface area contributed by atoms with E-state index in [0.29, 0.717) is 17.7 Å². The minimum absolute atomic E-state index is 0.0750. The first-order chi connectivity index (χ1) is 12.7. The van der Waals surface area contributed by atoms with Crippen LogP contribution in [0.1, 0.15) is 25.3 Å². The Morgan fingerprint density at radius 3 is 2.65 bits per heavy atom. The summed E-state index contributed by atoms with van der Waals surface area (Å²) in [5.41, 5.74) is 2.99. The van der Waals surface area contributed by atoms with Gasteiger partial charge in [-0.15, -0.1) is 0 Å². The molecule has 0 spiro atoms. The second-order valence-electron chi connectivity index (χ2n) is 6.67. The van der Waals surface area contributed by atoms with Gasteiger partial charge < -0.3 is 4.74 Å². The Morgan fingerprint density at radius 1 is 1.19 bits per heavy atom. The van der Waals surface area contributed by atoms with Crippen LogP contribution < -0.4 is 4.90 Å². The minimum atomic E-state index is -0.0750. The Bertz CT molecular complexity index is 867. The summed E-state index contributed by atoms with van der Waals surface area (Å²) in [6.45, 7) is 2.88. The van der Waals surface area contributed by atoms with Crippen LogP contribution in [0.25, 0.3) is 10.2 Å². The van der Waals surface area contributed by atoms with E-state index in [9.17, 15) is 4.79 Å². The van der Waals surface area contributed by atoms with Crippen LogP contribution in [-0.4, -0.2) is 24.1 Å². The smallest absolute Gasteiger partial charge is 0.259 e. The van der Waals surface area contributed by atoms with Gasteiger partial charge in [0.25, 0.3) is 5.91 Å². The van der Waals surface area contributed by atoms with E-state index in [0.717, 1.165) is 22.3 Å². The van der Waals surface area contributed by atoms with Gasteiger partial charge in [0.15, 0.2) is 5.13 Å². The van der Waals surface area contributed by atoms with E-state index in [-0.39, 0.29) is 12.5 Å². The van der Waals surface area contributed by atoms with Crippen LogP contribution in [0.15, 0.2) is 48.5 Å². The van der Waals surface area contributed by atoms with Crippen LogP contribution in [0.4, 0.5) is 10.8 Å². The maximum absolute atomic E-state index is 12.9. The predicted octanol–water partition coefficient (Wildman–Crippen LogP) is 4.95. The molecule has 134 valence electrons. The largest absolute Gasteiger partial charge is 0.371 e. The van der Waals surface area contributed by atoms with E-state index >= 15 is 0 Å². The predicted molar refractivity (Wildman–Crippen MR) is 106 cm³/mol. The number of carbonyl (C=O) groups excluding carboxylic acids is 1. The Morgan fingerprint density at radius 2 is 1.96 bits per heavy atom. The molecule has 1 heterocycles. The number of benzene rings is 2. The standard InChI is InChI=1S/C21H22N2O2S/c1-2-15-9-11-17(12-10-15)23(20(24)14-25-13-16-7-8-16)21-22-18-5-3-4-6-19(18)26-21/h3-6,9-12,16H,2,7-8,13-14H2,1H3. The Labute approximate surface area is 157 Å². The number of thiazole rings is 1. The third-order valence-corrected chi connectivity index (χ3v) is 5.62. The quantitative estimate of drug-likeness (QED) is 0.594. The minimum Gasteiger partial charge on any atom is -0.371 e. The Kier molecular flexibility index (Phi) is 5.00. The number of aromatic nitrogens is 1. The van der Waals surface area contributed by atoms with Gasteiger partial charge in [-0.3, -0.25) is 9.69 Å². The molecule has 0 radical (unpaired) electrons. The second kappa shape index (κ2) is 7.56. The number of para-hydroxylation sites is 1. The number of fused-ring (bicyclic) bond motifs is 1. The lowest BCUT2D eigenvalue weighted by atomic mass is 10.1. The fraction of sp³-hybridized carbons (Fsp3) is 0.333. The van der Waals surface area contributed by atoms with E-state index in [4.69, 9.17) is 4.74 Å². The Hall–Kier alpha value is -2.24. The summed E-state index contributed by atoms with van der Waals surface area (Å²) >= 11 is 1.53. The fourth-order valence-electron chi connectivity index (χ4n) is 2.86. The molecule has 2 aromatic carbocycles. The van der Waals surface area contributed by atoms with Crippen molar-refractivity contribution < 1.29 is 9.53 Å². The maximum atomic E-state index is 12.9. The number of amides is 1.